The number of aromatic nitrogens is 4. The minimum Gasteiger partial charge on any atom is -0.368 e. The van der Waals surface area contributed by atoms with Crippen LogP contribution in [-0.4, -0.2) is 33.0 Å². The molecule has 0 unspecified atom stereocenters. The summed E-state index contributed by atoms with van der Waals surface area (Å²) < 4.78 is 0. The van der Waals surface area contributed by atoms with Gasteiger partial charge in [0.25, 0.3) is 0 Å². The molecule has 0 fully saturated rings. The summed E-state index contributed by atoms with van der Waals surface area (Å²) in [5.74, 6) is 1.11. The van der Waals surface area contributed by atoms with Crippen LogP contribution in [0.15, 0.2) is 6.33 Å². The van der Waals surface area contributed by atoms with Crippen LogP contribution in [0.25, 0.3) is 11.2 Å². The molecule has 16 heavy (non-hydrogen) atoms. The zero-order valence-corrected chi connectivity index (χ0v) is 9.56. The Bertz CT molecular complexity index is 477. The second-order valence-electron chi connectivity index (χ2n) is 3.59. The van der Waals surface area contributed by atoms with Crippen LogP contribution in [0.4, 0.5) is 11.8 Å². The van der Waals surface area contributed by atoms with Crippen LogP contribution in [0.3, 0.4) is 0 Å². The van der Waals surface area contributed by atoms with E-state index in [1.165, 1.54) is 0 Å². The molecule has 2 heterocycles. The molecule has 2 rings (SSSR count). The molecule has 0 spiro atoms. The van der Waals surface area contributed by atoms with E-state index in [0.717, 1.165) is 30.8 Å². The molecule has 2 aromatic heterocycles. The molecule has 6 heteroatoms. The minimum absolute atomic E-state index is 0.268. The van der Waals surface area contributed by atoms with Crippen LogP contribution >= 0.6 is 0 Å². The van der Waals surface area contributed by atoms with Crippen LogP contribution in [-0.2, 0) is 0 Å². The number of rotatable bonds is 4. The number of hydrogen-bond donors (Lipinski definition) is 2. The van der Waals surface area contributed by atoms with Crippen molar-refractivity contribution in [2.24, 2.45) is 0 Å². The first-order chi connectivity index (χ1) is 7.76. The first kappa shape index (κ1) is 10.7. The Hall–Kier alpha value is -1.85. The number of anilines is 2. The van der Waals surface area contributed by atoms with Gasteiger partial charge in [-0.3, -0.25) is 0 Å². The molecule has 0 aliphatic carbocycles. The molecule has 0 bridgehead atoms. The third-order valence-corrected chi connectivity index (χ3v) is 2.46. The molecule has 6 nitrogen and oxygen atoms in total. The molecule has 0 saturated heterocycles. The largest absolute Gasteiger partial charge is 0.368 e. The van der Waals surface area contributed by atoms with E-state index < -0.39 is 0 Å². The maximum absolute atomic E-state index is 5.67. The summed E-state index contributed by atoms with van der Waals surface area (Å²) in [5, 5.41) is 0. The molecule has 0 aromatic carbocycles. The molecule has 0 saturated carbocycles. The Morgan fingerprint density at radius 3 is 2.88 bits per heavy atom. The van der Waals surface area contributed by atoms with Crippen molar-refractivity contribution in [2.45, 2.75) is 20.3 Å². The number of nitrogens with zero attached hydrogens (tertiary/aromatic N) is 4. The predicted octanol–water partition coefficient (Wildman–Crippen LogP) is 1.17. The fraction of sp³-hybridized carbons (Fsp3) is 0.500. The number of aromatic amines is 1. The van der Waals surface area contributed by atoms with Crippen molar-refractivity contribution < 1.29 is 0 Å². The number of H-pyrrole nitrogens is 1. The molecular formula is C10H16N6. The molecular weight excluding hydrogens is 204 g/mol. The topological polar surface area (TPSA) is 83.7 Å². The first-order valence-corrected chi connectivity index (χ1v) is 5.47. The van der Waals surface area contributed by atoms with Gasteiger partial charge in [-0.1, -0.05) is 6.92 Å². The van der Waals surface area contributed by atoms with Crippen molar-refractivity contribution in [1.29, 1.82) is 0 Å². The van der Waals surface area contributed by atoms with Crippen molar-refractivity contribution in [2.75, 3.05) is 23.7 Å². The summed E-state index contributed by atoms with van der Waals surface area (Å²) in [7, 11) is 0. The number of nitrogens with two attached hydrogens (primary N) is 1. The van der Waals surface area contributed by atoms with Gasteiger partial charge in [0.2, 0.25) is 5.95 Å². The smallest absolute Gasteiger partial charge is 0.224 e. The predicted molar refractivity (Wildman–Crippen MR) is 64.3 cm³/mol. The number of fused-ring (bicyclic) bond motifs is 1. The molecule has 0 aliphatic heterocycles. The molecule has 0 amide bonds. The van der Waals surface area contributed by atoms with Crippen molar-refractivity contribution >= 4 is 22.9 Å². The zero-order chi connectivity index (χ0) is 11.5. The number of nitrogens with one attached hydrogen (secondary N) is 1. The average Bonchev–Trinajstić information content (AvgIpc) is 2.72. The van der Waals surface area contributed by atoms with Gasteiger partial charge >= 0.3 is 0 Å². The Kier molecular flexibility index (Phi) is 2.89. The average molecular weight is 220 g/mol. The Balaban J connectivity index is 2.52. The summed E-state index contributed by atoms with van der Waals surface area (Å²) in [6, 6.07) is 0. The lowest BCUT2D eigenvalue weighted by Crippen LogP contribution is -2.25. The lowest BCUT2D eigenvalue weighted by atomic mass is 10.3. The van der Waals surface area contributed by atoms with Gasteiger partial charge in [-0.2, -0.15) is 9.97 Å². The molecule has 2 aromatic rings. The van der Waals surface area contributed by atoms with Crippen molar-refractivity contribution in [3.05, 3.63) is 6.33 Å². The van der Waals surface area contributed by atoms with Gasteiger partial charge < -0.3 is 15.6 Å². The van der Waals surface area contributed by atoms with Gasteiger partial charge in [-0.05, 0) is 13.3 Å². The van der Waals surface area contributed by atoms with Crippen LogP contribution in [0.1, 0.15) is 20.3 Å². The Morgan fingerprint density at radius 2 is 2.19 bits per heavy atom. The standard InChI is InChI=1S/C10H16N6/c1-3-5-16(4-2)9-7-8(13-6-12-7)14-10(11)15-9/h6H,3-5H2,1-2H3,(H3,11,12,13,14,15). The summed E-state index contributed by atoms with van der Waals surface area (Å²) in [4.78, 5) is 17.7. The highest BCUT2D eigenvalue weighted by Gasteiger charge is 2.13. The van der Waals surface area contributed by atoms with E-state index >= 15 is 0 Å². The molecule has 0 atom stereocenters. The zero-order valence-electron chi connectivity index (χ0n) is 9.56. The normalized spacial score (nSPS) is 10.9. The molecule has 86 valence electrons. The summed E-state index contributed by atoms with van der Waals surface area (Å²) in [6.07, 6.45) is 2.68. The SMILES string of the molecule is CCCN(CC)c1nc(N)nc2nc[nH]c12. The molecule has 3 N–H and O–H groups in total. The lowest BCUT2D eigenvalue weighted by Gasteiger charge is -2.21. The second kappa shape index (κ2) is 4.34. The van der Waals surface area contributed by atoms with Gasteiger partial charge in [-0.25, -0.2) is 4.98 Å². The Morgan fingerprint density at radius 1 is 1.38 bits per heavy atom. The van der Waals surface area contributed by atoms with Crippen LogP contribution in [0, 0.1) is 0 Å². The van der Waals surface area contributed by atoms with Gasteiger partial charge in [0.05, 0.1) is 6.33 Å². The Labute approximate surface area is 93.9 Å². The fourth-order valence-corrected chi connectivity index (χ4v) is 1.75. The van der Waals surface area contributed by atoms with Crippen LogP contribution < -0.4 is 10.6 Å². The summed E-state index contributed by atoms with van der Waals surface area (Å²) >= 11 is 0. The monoisotopic (exact) mass is 220 g/mol. The van der Waals surface area contributed by atoms with E-state index in [9.17, 15) is 0 Å². The maximum Gasteiger partial charge on any atom is 0.224 e. The molecule has 0 radical (unpaired) electrons. The highest BCUT2D eigenvalue weighted by Crippen LogP contribution is 2.21. The van der Waals surface area contributed by atoms with E-state index in [1.807, 2.05) is 0 Å². The maximum atomic E-state index is 5.67. The first-order valence-electron chi connectivity index (χ1n) is 5.47. The van der Waals surface area contributed by atoms with Gasteiger partial charge in [-0.15, -0.1) is 0 Å². The fourth-order valence-electron chi connectivity index (χ4n) is 1.75. The van der Waals surface area contributed by atoms with E-state index in [2.05, 4.69) is 38.7 Å². The third-order valence-electron chi connectivity index (χ3n) is 2.46. The van der Waals surface area contributed by atoms with E-state index in [0.29, 0.717) is 5.65 Å². The van der Waals surface area contributed by atoms with Crippen LogP contribution in [0.5, 0.6) is 0 Å². The van der Waals surface area contributed by atoms with Crippen molar-refractivity contribution in [1.82, 2.24) is 19.9 Å². The number of nitrogen functional groups attached to an aromatic ring is 1. The van der Waals surface area contributed by atoms with Gasteiger partial charge in [0, 0.05) is 13.1 Å². The van der Waals surface area contributed by atoms with Gasteiger partial charge in [0.1, 0.15) is 5.52 Å². The van der Waals surface area contributed by atoms with Crippen molar-refractivity contribution in [3.8, 4) is 0 Å². The van der Waals surface area contributed by atoms with E-state index in [-0.39, 0.29) is 5.95 Å². The molecule has 0 aliphatic rings. The summed E-state index contributed by atoms with van der Waals surface area (Å²) in [5.41, 5.74) is 7.14. The quantitative estimate of drug-likeness (QED) is 0.808. The minimum atomic E-state index is 0.268. The van der Waals surface area contributed by atoms with E-state index in [1.54, 1.807) is 6.33 Å². The van der Waals surface area contributed by atoms with Crippen molar-refractivity contribution in [3.63, 3.8) is 0 Å². The lowest BCUT2D eigenvalue weighted by molar-refractivity contribution is 0.781. The third kappa shape index (κ3) is 1.78. The number of hydrogen-bond acceptors (Lipinski definition) is 5. The van der Waals surface area contributed by atoms with E-state index in [4.69, 9.17) is 5.73 Å². The summed E-state index contributed by atoms with van der Waals surface area (Å²) in [6.45, 7) is 6.06. The van der Waals surface area contributed by atoms with Crippen LogP contribution in [0.2, 0.25) is 0 Å². The second-order valence-corrected chi connectivity index (χ2v) is 3.59. The van der Waals surface area contributed by atoms with Gasteiger partial charge in [0.15, 0.2) is 11.5 Å². The highest BCUT2D eigenvalue weighted by atomic mass is 15.2. The highest BCUT2D eigenvalue weighted by molar-refractivity contribution is 5.84. The number of imidazole rings is 1.